The number of aryl methyl sites for hydroxylation is 1. The molecule has 0 unspecified atom stereocenters. The van der Waals surface area contributed by atoms with E-state index in [-0.39, 0.29) is 0 Å². The van der Waals surface area contributed by atoms with Crippen molar-refractivity contribution in [2.45, 2.75) is 39.7 Å². The third kappa shape index (κ3) is 4.44. The average Bonchev–Trinajstić information content (AvgIpc) is 2.88. The fourth-order valence-corrected chi connectivity index (χ4v) is 1.91. The van der Waals surface area contributed by atoms with Crippen molar-refractivity contribution in [3.05, 3.63) is 29.8 Å². The first-order chi connectivity index (χ1) is 10.1. The highest BCUT2D eigenvalue weighted by Gasteiger charge is 2.08. The van der Waals surface area contributed by atoms with Gasteiger partial charge in [-0.25, -0.2) is 9.97 Å². The Balaban J connectivity index is 2.11. The molecule has 0 aliphatic heterocycles. The smallest absolute Gasteiger partial charge is 0.135 e. The second-order valence-electron chi connectivity index (χ2n) is 5.45. The molecule has 6 heteroatoms. The standard InChI is InChI=1S/C15H24N6/c1-5-6-16-13-7-14(20-15(19-13)11(2)3)17-8-12-9-18-21(4)10-12/h7,9-11H,5-6,8H2,1-4H3,(H2,16,17,19,20). The van der Waals surface area contributed by atoms with Crippen LogP contribution in [-0.2, 0) is 13.6 Å². The minimum atomic E-state index is 0.298. The van der Waals surface area contributed by atoms with Crippen LogP contribution in [-0.4, -0.2) is 26.3 Å². The van der Waals surface area contributed by atoms with Crippen molar-refractivity contribution in [1.29, 1.82) is 0 Å². The van der Waals surface area contributed by atoms with Gasteiger partial charge >= 0.3 is 0 Å². The molecule has 0 radical (unpaired) electrons. The van der Waals surface area contributed by atoms with E-state index >= 15 is 0 Å². The Labute approximate surface area is 126 Å². The lowest BCUT2D eigenvalue weighted by molar-refractivity contribution is 0.766. The van der Waals surface area contributed by atoms with Gasteiger partial charge < -0.3 is 10.6 Å². The number of anilines is 2. The number of rotatable bonds is 7. The number of aromatic nitrogens is 4. The van der Waals surface area contributed by atoms with Crippen molar-refractivity contribution in [2.24, 2.45) is 7.05 Å². The molecule has 2 rings (SSSR count). The fourth-order valence-electron chi connectivity index (χ4n) is 1.91. The van der Waals surface area contributed by atoms with Crippen LogP contribution < -0.4 is 10.6 Å². The molecule has 114 valence electrons. The fraction of sp³-hybridized carbons (Fsp3) is 0.533. The summed E-state index contributed by atoms with van der Waals surface area (Å²) in [4.78, 5) is 9.12. The summed E-state index contributed by atoms with van der Waals surface area (Å²) in [6.07, 6.45) is 4.92. The zero-order valence-electron chi connectivity index (χ0n) is 13.2. The topological polar surface area (TPSA) is 67.7 Å². The van der Waals surface area contributed by atoms with Crippen LogP contribution in [0.2, 0.25) is 0 Å². The molecule has 0 aliphatic carbocycles. The van der Waals surface area contributed by atoms with Gasteiger partial charge in [-0.15, -0.1) is 0 Å². The lowest BCUT2D eigenvalue weighted by Gasteiger charge is -2.12. The average molecular weight is 288 g/mol. The molecule has 0 amide bonds. The second-order valence-corrected chi connectivity index (χ2v) is 5.45. The molecule has 0 aromatic carbocycles. The Bertz CT molecular complexity index is 575. The van der Waals surface area contributed by atoms with Crippen molar-refractivity contribution in [3.8, 4) is 0 Å². The normalized spacial score (nSPS) is 10.9. The van der Waals surface area contributed by atoms with Crippen LogP contribution in [0, 0.1) is 0 Å². The van der Waals surface area contributed by atoms with E-state index in [1.165, 1.54) is 0 Å². The summed E-state index contributed by atoms with van der Waals surface area (Å²) in [6, 6.07) is 1.96. The zero-order chi connectivity index (χ0) is 15.2. The minimum Gasteiger partial charge on any atom is -0.370 e. The van der Waals surface area contributed by atoms with Crippen LogP contribution in [0.3, 0.4) is 0 Å². The van der Waals surface area contributed by atoms with Gasteiger partial charge in [0.25, 0.3) is 0 Å². The molecule has 21 heavy (non-hydrogen) atoms. The third-order valence-electron chi connectivity index (χ3n) is 3.05. The van der Waals surface area contributed by atoms with Crippen LogP contribution in [0.25, 0.3) is 0 Å². The highest BCUT2D eigenvalue weighted by Crippen LogP contribution is 2.17. The monoisotopic (exact) mass is 288 g/mol. The number of nitrogens with one attached hydrogen (secondary N) is 2. The van der Waals surface area contributed by atoms with Crippen molar-refractivity contribution < 1.29 is 0 Å². The summed E-state index contributed by atoms with van der Waals surface area (Å²) in [5.74, 6) is 2.87. The van der Waals surface area contributed by atoms with Crippen LogP contribution in [0.5, 0.6) is 0 Å². The van der Waals surface area contributed by atoms with E-state index in [0.717, 1.165) is 36.0 Å². The highest BCUT2D eigenvalue weighted by atomic mass is 15.2. The maximum atomic E-state index is 4.57. The molecule has 2 aromatic heterocycles. The number of hydrogen-bond donors (Lipinski definition) is 2. The summed E-state index contributed by atoms with van der Waals surface area (Å²) in [5.41, 5.74) is 1.13. The summed E-state index contributed by atoms with van der Waals surface area (Å²) in [5, 5.41) is 10.8. The van der Waals surface area contributed by atoms with Crippen LogP contribution in [0.15, 0.2) is 18.5 Å². The molecule has 2 N–H and O–H groups in total. The quantitative estimate of drug-likeness (QED) is 0.820. The number of hydrogen-bond acceptors (Lipinski definition) is 5. The molecule has 0 aliphatic rings. The Kier molecular flexibility index (Phi) is 5.14. The van der Waals surface area contributed by atoms with E-state index < -0.39 is 0 Å². The van der Waals surface area contributed by atoms with Crippen molar-refractivity contribution in [2.75, 3.05) is 17.2 Å². The predicted octanol–water partition coefficient (Wildman–Crippen LogP) is 2.77. The molecule has 2 heterocycles. The SMILES string of the molecule is CCCNc1cc(NCc2cnn(C)c2)nc(C(C)C)n1. The first-order valence-corrected chi connectivity index (χ1v) is 7.42. The van der Waals surface area contributed by atoms with Gasteiger partial charge in [-0.2, -0.15) is 5.10 Å². The van der Waals surface area contributed by atoms with E-state index in [2.05, 4.69) is 46.5 Å². The Morgan fingerprint density at radius 1 is 1.19 bits per heavy atom. The van der Waals surface area contributed by atoms with Crippen LogP contribution in [0.4, 0.5) is 11.6 Å². The minimum absolute atomic E-state index is 0.298. The molecule has 0 spiro atoms. The maximum Gasteiger partial charge on any atom is 0.135 e. The van der Waals surface area contributed by atoms with Gasteiger partial charge in [-0.1, -0.05) is 20.8 Å². The summed E-state index contributed by atoms with van der Waals surface area (Å²) >= 11 is 0. The molecule has 0 fully saturated rings. The number of nitrogens with zero attached hydrogens (tertiary/aromatic N) is 4. The first kappa shape index (κ1) is 15.3. The van der Waals surface area contributed by atoms with Crippen LogP contribution >= 0.6 is 0 Å². The van der Waals surface area contributed by atoms with Crippen LogP contribution in [0.1, 0.15) is 44.5 Å². The van der Waals surface area contributed by atoms with Gasteiger partial charge in [0, 0.05) is 43.9 Å². The largest absolute Gasteiger partial charge is 0.370 e. The van der Waals surface area contributed by atoms with E-state index in [1.807, 2.05) is 25.5 Å². The van der Waals surface area contributed by atoms with Gasteiger partial charge in [0.2, 0.25) is 0 Å². The molecule has 2 aromatic rings. The van der Waals surface area contributed by atoms with E-state index in [0.29, 0.717) is 12.5 Å². The Hall–Kier alpha value is -2.11. The van der Waals surface area contributed by atoms with Crippen molar-refractivity contribution in [1.82, 2.24) is 19.7 Å². The lowest BCUT2D eigenvalue weighted by atomic mass is 10.2. The third-order valence-corrected chi connectivity index (χ3v) is 3.05. The van der Waals surface area contributed by atoms with Gasteiger partial charge in [0.1, 0.15) is 17.5 Å². The Morgan fingerprint density at radius 3 is 2.48 bits per heavy atom. The van der Waals surface area contributed by atoms with E-state index in [4.69, 9.17) is 0 Å². The van der Waals surface area contributed by atoms with E-state index in [9.17, 15) is 0 Å². The zero-order valence-corrected chi connectivity index (χ0v) is 13.2. The summed E-state index contributed by atoms with van der Waals surface area (Å²) < 4.78 is 1.80. The van der Waals surface area contributed by atoms with Crippen molar-refractivity contribution in [3.63, 3.8) is 0 Å². The molecule has 0 bridgehead atoms. The lowest BCUT2D eigenvalue weighted by Crippen LogP contribution is -2.09. The van der Waals surface area contributed by atoms with Gasteiger partial charge in [-0.3, -0.25) is 4.68 Å². The summed E-state index contributed by atoms with van der Waals surface area (Å²) in [6.45, 7) is 7.96. The molecular formula is C15H24N6. The van der Waals surface area contributed by atoms with E-state index in [1.54, 1.807) is 4.68 Å². The predicted molar refractivity (Wildman–Crippen MR) is 85.4 cm³/mol. The molecule has 6 nitrogen and oxygen atoms in total. The maximum absolute atomic E-state index is 4.57. The van der Waals surface area contributed by atoms with Crippen molar-refractivity contribution >= 4 is 11.6 Å². The first-order valence-electron chi connectivity index (χ1n) is 7.42. The molecule has 0 saturated heterocycles. The van der Waals surface area contributed by atoms with Gasteiger partial charge in [0.15, 0.2) is 0 Å². The van der Waals surface area contributed by atoms with Gasteiger partial charge in [-0.05, 0) is 6.42 Å². The molecule has 0 atom stereocenters. The molecule has 0 saturated carbocycles. The Morgan fingerprint density at radius 2 is 1.90 bits per heavy atom. The second kappa shape index (κ2) is 7.06. The summed E-state index contributed by atoms with van der Waals surface area (Å²) in [7, 11) is 1.91. The highest BCUT2D eigenvalue weighted by molar-refractivity contribution is 5.48. The molecular weight excluding hydrogens is 264 g/mol. The van der Waals surface area contributed by atoms with Gasteiger partial charge in [0.05, 0.1) is 6.20 Å².